The van der Waals surface area contributed by atoms with E-state index < -0.39 is 0 Å². The Morgan fingerprint density at radius 3 is 2.69 bits per heavy atom. The Hall–Kier alpha value is -1.34. The van der Waals surface area contributed by atoms with Crippen molar-refractivity contribution in [1.29, 1.82) is 0 Å². The minimum absolute atomic E-state index is 0.0975. The molecule has 2 aromatic rings. The van der Waals surface area contributed by atoms with Gasteiger partial charge in [-0.05, 0) is 11.5 Å². The summed E-state index contributed by atoms with van der Waals surface area (Å²) in [5.41, 5.74) is 6.20. The first-order chi connectivity index (χ1) is 7.52. The van der Waals surface area contributed by atoms with Crippen molar-refractivity contribution in [3.63, 3.8) is 0 Å². The lowest BCUT2D eigenvalue weighted by atomic mass is 9.91. The van der Waals surface area contributed by atoms with E-state index in [0.29, 0.717) is 11.7 Å². The van der Waals surface area contributed by atoms with Gasteiger partial charge in [-0.25, -0.2) is 0 Å². The largest absolute Gasteiger partial charge is 0.333 e. The minimum atomic E-state index is -0.0975. The third kappa shape index (κ3) is 1.96. The summed E-state index contributed by atoms with van der Waals surface area (Å²) in [6.45, 7) is 6.45. The highest BCUT2D eigenvalue weighted by atomic mass is 32.1. The van der Waals surface area contributed by atoms with Gasteiger partial charge in [0.2, 0.25) is 0 Å². The van der Waals surface area contributed by atoms with Gasteiger partial charge in [-0.15, -0.1) is 5.10 Å². The second-order valence-corrected chi connectivity index (χ2v) is 5.17. The van der Waals surface area contributed by atoms with Gasteiger partial charge in [-0.3, -0.25) is 0 Å². The summed E-state index contributed by atoms with van der Waals surface area (Å²) in [6, 6.07) is 0. The predicted molar refractivity (Wildman–Crippen MR) is 59.8 cm³/mol. The summed E-state index contributed by atoms with van der Waals surface area (Å²) in [5, 5.41) is 7.86. The Morgan fingerprint density at radius 2 is 2.12 bits per heavy atom. The van der Waals surface area contributed by atoms with Crippen LogP contribution in [0.1, 0.15) is 32.3 Å². The van der Waals surface area contributed by atoms with E-state index in [1.165, 1.54) is 11.5 Å². The van der Waals surface area contributed by atoms with E-state index in [4.69, 9.17) is 10.3 Å². The van der Waals surface area contributed by atoms with E-state index in [0.717, 1.165) is 10.6 Å². The van der Waals surface area contributed by atoms with Crippen molar-refractivity contribution in [3.8, 4) is 10.8 Å². The van der Waals surface area contributed by atoms with Gasteiger partial charge in [0.15, 0.2) is 5.82 Å². The van der Waals surface area contributed by atoms with Crippen molar-refractivity contribution in [2.45, 2.75) is 32.7 Å². The number of nitrogens with two attached hydrogens (primary N) is 1. The summed E-state index contributed by atoms with van der Waals surface area (Å²) in [6.07, 6.45) is 0. The molecule has 6 nitrogen and oxygen atoms in total. The van der Waals surface area contributed by atoms with Crippen LogP contribution < -0.4 is 5.73 Å². The standard InChI is InChI=1S/C9H13N5OS/c1-9(2,3)7-6(16-14-12-7)8-11-5(4-10)13-15-8/h4,10H2,1-3H3. The number of aromatic nitrogens is 4. The van der Waals surface area contributed by atoms with Crippen LogP contribution in [0.4, 0.5) is 0 Å². The molecule has 86 valence electrons. The summed E-state index contributed by atoms with van der Waals surface area (Å²) >= 11 is 1.26. The Bertz CT molecular complexity index is 484. The topological polar surface area (TPSA) is 90.7 Å². The van der Waals surface area contributed by atoms with Crippen molar-refractivity contribution in [1.82, 2.24) is 19.7 Å². The van der Waals surface area contributed by atoms with Crippen LogP contribution in [0.25, 0.3) is 10.8 Å². The highest BCUT2D eigenvalue weighted by Crippen LogP contribution is 2.32. The van der Waals surface area contributed by atoms with Crippen LogP contribution in [0, 0.1) is 0 Å². The molecule has 0 aliphatic carbocycles. The molecule has 7 heteroatoms. The Balaban J connectivity index is 2.44. The molecular weight excluding hydrogens is 226 g/mol. The Kier molecular flexibility index (Phi) is 2.73. The molecule has 16 heavy (non-hydrogen) atoms. The lowest BCUT2D eigenvalue weighted by molar-refractivity contribution is 0.422. The Morgan fingerprint density at radius 1 is 1.38 bits per heavy atom. The van der Waals surface area contributed by atoms with Crippen molar-refractivity contribution in [2.75, 3.05) is 0 Å². The zero-order chi connectivity index (χ0) is 11.8. The molecule has 0 atom stereocenters. The van der Waals surface area contributed by atoms with Crippen LogP contribution in [0.2, 0.25) is 0 Å². The van der Waals surface area contributed by atoms with Gasteiger partial charge in [-0.2, -0.15) is 4.98 Å². The lowest BCUT2D eigenvalue weighted by Gasteiger charge is -2.14. The SMILES string of the molecule is CC(C)(C)c1nnsc1-c1nc(CN)no1. The van der Waals surface area contributed by atoms with E-state index in [9.17, 15) is 0 Å². The molecule has 0 fully saturated rings. The van der Waals surface area contributed by atoms with Gasteiger partial charge in [0.25, 0.3) is 5.89 Å². The van der Waals surface area contributed by atoms with Crippen LogP contribution in [0.15, 0.2) is 4.52 Å². The molecule has 0 aromatic carbocycles. The summed E-state index contributed by atoms with van der Waals surface area (Å²) in [5.74, 6) is 0.934. The fourth-order valence-electron chi connectivity index (χ4n) is 1.25. The molecule has 2 N–H and O–H groups in total. The number of hydrogen-bond acceptors (Lipinski definition) is 7. The molecule has 0 radical (unpaired) electrons. The predicted octanol–water partition coefficient (Wildman–Crippen LogP) is 1.34. The average Bonchev–Trinajstić information content (AvgIpc) is 2.84. The first kappa shape index (κ1) is 11.2. The third-order valence-corrected chi connectivity index (χ3v) is 2.76. The van der Waals surface area contributed by atoms with Gasteiger partial charge >= 0.3 is 0 Å². The Labute approximate surface area is 97.0 Å². The van der Waals surface area contributed by atoms with E-state index in [1.54, 1.807) is 0 Å². The first-order valence-electron chi connectivity index (χ1n) is 4.88. The van der Waals surface area contributed by atoms with E-state index in [2.05, 4.69) is 40.5 Å². The van der Waals surface area contributed by atoms with Crippen LogP contribution in [-0.2, 0) is 12.0 Å². The third-order valence-electron chi connectivity index (χ3n) is 2.04. The molecule has 2 heterocycles. The number of hydrogen-bond donors (Lipinski definition) is 1. The van der Waals surface area contributed by atoms with Crippen LogP contribution in [0.3, 0.4) is 0 Å². The van der Waals surface area contributed by atoms with Crippen molar-refractivity contribution < 1.29 is 4.52 Å². The molecule has 2 aromatic heterocycles. The zero-order valence-electron chi connectivity index (χ0n) is 9.39. The normalized spacial score (nSPS) is 12.0. The van der Waals surface area contributed by atoms with Crippen molar-refractivity contribution in [2.24, 2.45) is 5.73 Å². The lowest BCUT2D eigenvalue weighted by Crippen LogP contribution is -2.13. The van der Waals surface area contributed by atoms with Gasteiger partial charge < -0.3 is 10.3 Å². The van der Waals surface area contributed by atoms with Crippen LogP contribution in [-0.4, -0.2) is 19.7 Å². The molecule has 0 saturated carbocycles. The second-order valence-electron chi connectivity index (χ2n) is 4.42. The van der Waals surface area contributed by atoms with E-state index in [1.807, 2.05) is 0 Å². The molecule has 0 saturated heterocycles. The summed E-state index contributed by atoms with van der Waals surface area (Å²) in [4.78, 5) is 4.99. The smallest absolute Gasteiger partial charge is 0.271 e. The molecule has 0 unspecified atom stereocenters. The quantitative estimate of drug-likeness (QED) is 0.850. The average molecular weight is 239 g/mol. The molecule has 0 amide bonds. The molecule has 0 spiro atoms. The maximum absolute atomic E-state index is 5.43. The fraction of sp³-hybridized carbons (Fsp3) is 0.556. The highest BCUT2D eigenvalue weighted by molar-refractivity contribution is 7.09. The first-order valence-corrected chi connectivity index (χ1v) is 5.65. The summed E-state index contributed by atoms with van der Waals surface area (Å²) in [7, 11) is 0. The monoisotopic (exact) mass is 239 g/mol. The molecule has 2 rings (SSSR count). The van der Waals surface area contributed by atoms with Gasteiger partial charge in [-0.1, -0.05) is 30.4 Å². The zero-order valence-corrected chi connectivity index (χ0v) is 10.2. The van der Waals surface area contributed by atoms with E-state index in [-0.39, 0.29) is 12.0 Å². The molecule has 0 aliphatic rings. The van der Waals surface area contributed by atoms with Gasteiger partial charge in [0, 0.05) is 5.41 Å². The highest BCUT2D eigenvalue weighted by Gasteiger charge is 2.26. The number of nitrogens with zero attached hydrogens (tertiary/aromatic N) is 4. The number of rotatable bonds is 2. The van der Waals surface area contributed by atoms with Crippen LogP contribution >= 0.6 is 11.5 Å². The minimum Gasteiger partial charge on any atom is -0.333 e. The maximum atomic E-state index is 5.43. The second kappa shape index (κ2) is 3.91. The maximum Gasteiger partial charge on any atom is 0.271 e. The molecule has 0 aliphatic heterocycles. The van der Waals surface area contributed by atoms with Gasteiger partial charge in [0.1, 0.15) is 4.88 Å². The van der Waals surface area contributed by atoms with Crippen molar-refractivity contribution in [3.05, 3.63) is 11.5 Å². The fourth-order valence-corrected chi connectivity index (χ4v) is 2.05. The van der Waals surface area contributed by atoms with Crippen LogP contribution in [0.5, 0.6) is 0 Å². The molecular formula is C9H13N5OS. The molecule has 0 bridgehead atoms. The van der Waals surface area contributed by atoms with Gasteiger partial charge in [0.05, 0.1) is 12.2 Å². The van der Waals surface area contributed by atoms with E-state index >= 15 is 0 Å². The summed E-state index contributed by atoms with van der Waals surface area (Å²) < 4.78 is 9.06. The van der Waals surface area contributed by atoms with Crippen molar-refractivity contribution >= 4 is 11.5 Å².